The standard InChI is InChI=1S/C18H14ClNO3.C18H13F2NO3.C18H14FNO3.C18H15NO3/c19-12-7-5-11(6-8-12)17(21)9-14(18(22)23)15-10-20-16-4-2-1-3-13(15)16;19-10-5-6-12(15(20)7-10)17(22)8-13(18(23)24)14-9-21-16-4-2-1-3-11(14)16;19-12-7-5-11(6-8-12)17(21)9-14(18(22)23)15-10-20-16-4-2-1-3-13(15)16;20-17(12-6-2-1-3-7-12)10-14(18(21)22)15-11-19-16-9-5-4-8-13(15)16/h1-8,10,14,20H,9H2,(H,22,23);1-7,9,13,21H,8H2,(H,23,24);1-8,10,14,20H,9H2,(H,22,23);1-9,11,14,19H,10H2,(H,21,22). The Balaban J connectivity index is 0.000000145. The predicted molar refractivity (Wildman–Crippen MR) is 341 cm³/mol. The van der Waals surface area contributed by atoms with Gasteiger partial charge in [-0.1, -0.05) is 115 Å². The third-order valence-corrected chi connectivity index (χ3v) is 15.6. The van der Waals surface area contributed by atoms with E-state index in [-0.39, 0.29) is 42.2 Å². The third-order valence-electron chi connectivity index (χ3n) is 15.4. The van der Waals surface area contributed by atoms with Crippen LogP contribution in [-0.4, -0.2) is 87.4 Å². The molecule has 0 radical (unpaired) electrons. The van der Waals surface area contributed by atoms with Crippen molar-refractivity contribution in [2.45, 2.75) is 49.4 Å². The number of hydrogen-bond donors (Lipinski definition) is 8. The maximum absolute atomic E-state index is 13.7. The average Bonchev–Trinajstić information content (AvgIpc) is 1.75. The van der Waals surface area contributed by atoms with Crippen LogP contribution in [-0.2, 0) is 19.2 Å². The Kier molecular flexibility index (Phi) is 21.0. The van der Waals surface area contributed by atoms with Crippen molar-refractivity contribution in [3.05, 3.63) is 286 Å². The summed E-state index contributed by atoms with van der Waals surface area (Å²) in [5.74, 6) is -11.7. The number of para-hydroxylation sites is 4. The van der Waals surface area contributed by atoms with Gasteiger partial charge >= 0.3 is 23.9 Å². The van der Waals surface area contributed by atoms with Crippen LogP contribution < -0.4 is 0 Å². The molecule has 8 N–H and O–H groups in total. The van der Waals surface area contributed by atoms with Crippen LogP contribution in [0.2, 0.25) is 5.02 Å². The second-order valence-electron chi connectivity index (χ2n) is 21.2. The lowest BCUT2D eigenvalue weighted by Gasteiger charge is -2.11. The lowest BCUT2D eigenvalue weighted by atomic mass is 9.91. The number of H-pyrrole nitrogens is 4. The first-order chi connectivity index (χ1) is 44.3. The molecule has 16 nitrogen and oxygen atoms in total. The van der Waals surface area contributed by atoms with Gasteiger partial charge in [0.15, 0.2) is 23.1 Å². The average molecular weight is 1260 g/mol. The Bertz CT molecular complexity index is 4530. The Morgan fingerprint density at radius 1 is 0.337 bits per heavy atom. The number of aromatic nitrogens is 4. The zero-order valence-electron chi connectivity index (χ0n) is 48.5. The molecule has 4 unspecified atom stereocenters. The van der Waals surface area contributed by atoms with Crippen molar-refractivity contribution < 1.29 is 72.0 Å². The summed E-state index contributed by atoms with van der Waals surface area (Å²) in [6.45, 7) is 0. The molecule has 0 bridgehead atoms. The maximum Gasteiger partial charge on any atom is 0.311 e. The molecule has 0 saturated carbocycles. The van der Waals surface area contributed by atoms with Crippen LogP contribution in [0.3, 0.4) is 0 Å². The van der Waals surface area contributed by atoms with Crippen molar-refractivity contribution >= 4 is 102 Å². The lowest BCUT2D eigenvalue weighted by molar-refractivity contribution is -0.139. The Hall–Kier alpha value is -11.4. The number of aliphatic carboxylic acids is 4. The third kappa shape index (κ3) is 15.7. The molecular weight excluding hydrogens is 1210 g/mol. The second-order valence-corrected chi connectivity index (χ2v) is 21.7. The fraction of sp³-hybridized carbons (Fsp3) is 0.111. The molecule has 92 heavy (non-hydrogen) atoms. The molecule has 0 saturated heterocycles. The van der Waals surface area contributed by atoms with Gasteiger partial charge in [0, 0.05) is 122 Å². The molecular formula is C72H56ClF3N4O12. The fourth-order valence-electron chi connectivity index (χ4n) is 10.7. The van der Waals surface area contributed by atoms with E-state index in [4.69, 9.17) is 11.6 Å². The number of carbonyl (C=O) groups excluding carboxylic acids is 4. The number of carboxylic acid groups (broad SMARTS) is 4. The number of halogens is 4. The van der Waals surface area contributed by atoms with Gasteiger partial charge in [-0.05, 0) is 107 Å². The van der Waals surface area contributed by atoms with E-state index in [2.05, 4.69) is 19.9 Å². The number of rotatable bonds is 20. The molecule has 12 rings (SSSR count). The number of carbonyl (C=O) groups is 8. The molecule has 4 atom stereocenters. The van der Waals surface area contributed by atoms with Crippen LogP contribution in [0, 0.1) is 17.5 Å². The van der Waals surface area contributed by atoms with E-state index in [9.17, 15) is 72.0 Å². The highest BCUT2D eigenvalue weighted by Crippen LogP contribution is 2.34. The van der Waals surface area contributed by atoms with E-state index in [0.29, 0.717) is 55.4 Å². The number of Topliss-reactive ketones (excluding diaryl/α,β-unsaturated/α-hetero) is 4. The first kappa shape index (κ1) is 65.0. The largest absolute Gasteiger partial charge is 0.481 e. The fourth-order valence-corrected chi connectivity index (χ4v) is 10.8. The molecule has 0 aliphatic heterocycles. The van der Waals surface area contributed by atoms with E-state index in [1.165, 1.54) is 30.5 Å². The first-order valence-electron chi connectivity index (χ1n) is 28.6. The smallest absolute Gasteiger partial charge is 0.311 e. The van der Waals surface area contributed by atoms with Gasteiger partial charge in [-0.25, -0.2) is 13.2 Å². The molecule has 12 aromatic rings. The van der Waals surface area contributed by atoms with Gasteiger partial charge in [0.25, 0.3) is 0 Å². The van der Waals surface area contributed by atoms with Crippen molar-refractivity contribution in [1.82, 2.24) is 19.9 Å². The number of carboxylic acids is 4. The highest BCUT2D eigenvalue weighted by Gasteiger charge is 2.31. The predicted octanol–water partition coefficient (Wildman–Crippen LogP) is 15.5. The number of benzene rings is 8. The van der Waals surface area contributed by atoms with Crippen LogP contribution in [0.4, 0.5) is 13.2 Å². The van der Waals surface area contributed by atoms with E-state index < -0.39 is 77.2 Å². The van der Waals surface area contributed by atoms with Crippen LogP contribution in [0.15, 0.2) is 219 Å². The molecule has 464 valence electrons. The first-order valence-corrected chi connectivity index (χ1v) is 28.9. The highest BCUT2D eigenvalue weighted by atomic mass is 35.5. The summed E-state index contributed by atoms with van der Waals surface area (Å²) >= 11 is 5.81. The van der Waals surface area contributed by atoms with E-state index >= 15 is 0 Å². The number of ketones is 4. The Labute approximate surface area is 527 Å². The Morgan fingerprint density at radius 3 is 0.946 bits per heavy atom. The number of nitrogens with one attached hydrogen (secondary N) is 4. The molecule has 0 spiro atoms. The van der Waals surface area contributed by atoms with Crippen molar-refractivity contribution in [1.29, 1.82) is 0 Å². The summed E-state index contributed by atoms with van der Waals surface area (Å²) in [6, 6.07) is 52.3. The summed E-state index contributed by atoms with van der Waals surface area (Å²) in [5.41, 5.74) is 6.57. The summed E-state index contributed by atoms with van der Waals surface area (Å²) in [5, 5.41) is 41.8. The minimum atomic E-state index is -1.18. The van der Waals surface area contributed by atoms with E-state index in [1.807, 2.05) is 78.9 Å². The second kappa shape index (κ2) is 29.7. The number of fused-ring (bicyclic) bond motifs is 4. The molecule has 4 heterocycles. The van der Waals surface area contributed by atoms with Crippen LogP contribution in [0.1, 0.15) is 113 Å². The van der Waals surface area contributed by atoms with E-state index in [1.54, 1.807) is 91.4 Å². The quantitative estimate of drug-likeness (QED) is 0.0331. The topological polar surface area (TPSA) is 281 Å². The zero-order valence-corrected chi connectivity index (χ0v) is 49.2. The molecule has 0 aliphatic rings. The minimum Gasteiger partial charge on any atom is -0.481 e. The minimum absolute atomic E-state index is 0.0544. The normalized spacial score (nSPS) is 12.2. The Morgan fingerprint density at radius 2 is 0.620 bits per heavy atom. The summed E-state index contributed by atoms with van der Waals surface area (Å²) in [4.78, 5) is 108. The van der Waals surface area contributed by atoms with Crippen LogP contribution in [0.25, 0.3) is 43.6 Å². The lowest BCUT2D eigenvalue weighted by Crippen LogP contribution is -2.17. The van der Waals surface area contributed by atoms with Crippen molar-refractivity contribution in [2.24, 2.45) is 0 Å². The summed E-state index contributed by atoms with van der Waals surface area (Å²) < 4.78 is 39.6. The van der Waals surface area contributed by atoms with Gasteiger partial charge in [0.1, 0.15) is 17.5 Å². The molecule has 0 aliphatic carbocycles. The molecule has 0 amide bonds. The monoisotopic (exact) mass is 1260 g/mol. The van der Waals surface area contributed by atoms with Crippen molar-refractivity contribution in [2.75, 3.05) is 0 Å². The van der Waals surface area contributed by atoms with Gasteiger partial charge in [-0.15, -0.1) is 0 Å². The molecule has 4 aromatic heterocycles. The number of hydrogen-bond acceptors (Lipinski definition) is 8. The van der Waals surface area contributed by atoms with Crippen LogP contribution >= 0.6 is 11.6 Å². The van der Waals surface area contributed by atoms with Crippen LogP contribution in [0.5, 0.6) is 0 Å². The van der Waals surface area contributed by atoms with Gasteiger partial charge in [0.2, 0.25) is 0 Å². The highest BCUT2D eigenvalue weighted by molar-refractivity contribution is 6.30. The zero-order chi connectivity index (χ0) is 65.6. The summed E-state index contributed by atoms with van der Waals surface area (Å²) in [6.07, 6.45) is 5.77. The van der Waals surface area contributed by atoms with Crippen molar-refractivity contribution in [3.63, 3.8) is 0 Å². The molecule has 20 heteroatoms. The van der Waals surface area contributed by atoms with Gasteiger partial charge in [-0.3, -0.25) is 38.4 Å². The maximum atomic E-state index is 13.7. The van der Waals surface area contributed by atoms with Crippen molar-refractivity contribution in [3.8, 4) is 0 Å². The molecule has 8 aromatic carbocycles. The van der Waals surface area contributed by atoms with Gasteiger partial charge in [-0.2, -0.15) is 0 Å². The molecule has 0 fully saturated rings. The van der Waals surface area contributed by atoms with Gasteiger partial charge in [0.05, 0.1) is 29.2 Å². The van der Waals surface area contributed by atoms with Gasteiger partial charge < -0.3 is 40.4 Å². The van der Waals surface area contributed by atoms with E-state index in [0.717, 1.165) is 50.4 Å². The number of aromatic amines is 4. The SMILES string of the molecule is O=C(CC(C(=O)O)c1c[nH]c2ccccc12)c1ccc(Cl)cc1.O=C(CC(C(=O)O)c1c[nH]c2ccccc12)c1ccc(F)cc1.O=C(CC(C(=O)O)c1c[nH]c2ccccc12)c1ccc(F)cc1F.O=C(CC(C(=O)O)c1c[nH]c2ccccc12)c1ccccc1. The summed E-state index contributed by atoms with van der Waals surface area (Å²) in [7, 11) is 0.